The molecular formula is C26H27F3N6O3. The van der Waals surface area contributed by atoms with Gasteiger partial charge < -0.3 is 20.3 Å². The molecule has 2 amide bonds. The molecule has 0 bridgehead atoms. The van der Waals surface area contributed by atoms with Gasteiger partial charge in [-0.25, -0.2) is 14.8 Å². The Morgan fingerprint density at radius 1 is 0.868 bits per heavy atom. The molecule has 0 unspecified atom stereocenters. The van der Waals surface area contributed by atoms with E-state index in [2.05, 4.69) is 15.0 Å². The number of halogens is 3. The van der Waals surface area contributed by atoms with Gasteiger partial charge in [0, 0.05) is 49.1 Å². The Morgan fingerprint density at radius 3 is 2.03 bits per heavy atom. The van der Waals surface area contributed by atoms with E-state index in [9.17, 15) is 22.8 Å². The number of aromatic nitrogens is 3. The van der Waals surface area contributed by atoms with Crippen LogP contribution in [0.1, 0.15) is 36.8 Å². The summed E-state index contributed by atoms with van der Waals surface area (Å²) < 4.78 is 43.9. The molecule has 200 valence electrons. The number of nitrogens with two attached hydrogens (primary N) is 1. The fourth-order valence-electron chi connectivity index (χ4n) is 3.84. The van der Waals surface area contributed by atoms with Crippen LogP contribution in [0.5, 0.6) is 0 Å². The molecule has 2 N–H and O–H groups in total. The summed E-state index contributed by atoms with van der Waals surface area (Å²) in [5.74, 6) is -0.118. The largest absolute Gasteiger partial charge is 0.444 e. The summed E-state index contributed by atoms with van der Waals surface area (Å²) in [7, 11) is 0. The molecule has 0 spiro atoms. The lowest BCUT2D eigenvalue weighted by Gasteiger charge is -2.35. The Labute approximate surface area is 217 Å². The second kappa shape index (κ2) is 10.3. The van der Waals surface area contributed by atoms with Crippen molar-refractivity contribution >= 4 is 17.8 Å². The normalized spacial score (nSPS) is 14.4. The van der Waals surface area contributed by atoms with Gasteiger partial charge in [0.2, 0.25) is 0 Å². The minimum absolute atomic E-state index is 0.0487. The van der Waals surface area contributed by atoms with Crippen molar-refractivity contribution in [3.8, 4) is 22.5 Å². The Hall–Kier alpha value is -4.22. The molecule has 0 atom stereocenters. The number of benzene rings is 1. The van der Waals surface area contributed by atoms with Gasteiger partial charge in [-0.1, -0.05) is 12.1 Å². The van der Waals surface area contributed by atoms with Gasteiger partial charge in [0.1, 0.15) is 22.8 Å². The van der Waals surface area contributed by atoms with Gasteiger partial charge in [-0.3, -0.25) is 9.78 Å². The van der Waals surface area contributed by atoms with E-state index in [1.807, 2.05) is 0 Å². The number of amides is 2. The number of piperazine rings is 1. The SMILES string of the molecule is CC(C)(C)OC(=O)N1CCN(C(=O)c2ccc(-c3cnc(N)c(-c4ccc(C(F)(F)F)nc4)n3)cc2)CC1. The van der Waals surface area contributed by atoms with Gasteiger partial charge in [-0.05, 0) is 45.0 Å². The van der Waals surface area contributed by atoms with E-state index in [1.165, 1.54) is 12.3 Å². The second-order valence-corrected chi connectivity index (χ2v) is 9.76. The van der Waals surface area contributed by atoms with Crippen LogP contribution in [0, 0.1) is 0 Å². The molecule has 3 aromatic rings. The number of hydrogen-bond donors (Lipinski definition) is 1. The number of pyridine rings is 1. The number of rotatable bonds is 3. The standard InChI is InChI=1S/C26H27F3N6O3/c1-25(2,3)38-24(37)35-12-10-34(11-13-35)23(36)17-6-4-16(5-7-17)19-15-32-22(30)21(33-19)18-8-9-20(31-14-18)26(27,28)29/h4-9,14-15H,10-13H2,1-3H3,(H2,30,32). The average molecular weight is 529 g/mol. The zero-order valence-electron chi connectivity index (χ0n) is 21.1. The van der Waals surface area contributed by atoms with Crippen molar-refractivity contribution in [1.29, 1.82) is 0 Å². The summed E-state index contributed by atoms with van der Waals surface area (Å²) in [6.07, 6.45) is -2.45. The van der Waals surface area contributed by atoms with Crippen molar-refractivity contribution in [3.05, 3.63) is 60.0 Å². The highest BCUT2D eigenvalue weighted by Crippen LogP contribution is 2.30. The summed E-state index contributed by atoms with van der Waals surface area (Å²) in [6.45, 7) is 6.93. The minimum Gasteiger partial charge on any atom is -0.444 e. The molecule has 1 aliphatic heterocycles. The Morgan fingerprint density at radius 2 is 1.47 bits per heavy atom. The van der Waals surface area contributed by atoms with Gasteiger partial charge in [-0.2, -0.15) is 13.2 Å². The number of nitrogens with zero attached hydrogens (tertiary/aromatic N) is 5. The predicted octanol–water partition coefficient (Wildman–Crippen LogP) is 4.50. The van der Waals surface area contributed by atoms with Crippen LogP contribution in [0.2, 0.25) is 0 Å². The van der Waals surface area contributed by atoms with Crippen LogP contribution in [0.25, 0.3) is 22.5 Å². The highest BCUT2D eigenvalue weighted by atomic mass is 19.4. The van der Waals surface area contributed by atoms with Crippen molar-refractivity contribution in [1.82, 2.24) is 24.8 Å². The van der Waals surface area contributed by atoms with Gasteiger partial charge in [-0.15, -0.1) is 0 Å². The highest BCUT2D eigenvalue weighted by molar-refractivity contribution is 5.95. The third kappa shape index (κ3) is 6.18. The lowest BCUT2D eigenvalue weighted by Crippen LogP contribution is -2.51. The second-order valence-electron chi connectivity index (χ2n) is 9.76. The van der Waals surface area contributed by atoms with Crippen LogP contribution in [-0.2, 0) is 10.9 Å². The first-order valence-corrected chi connectivity index (χ1v) is 11.9. The van der Waals surface area contributed by atoms with Gasteiger partial charge >= 0.3 is 12.3 Å². The number of anilines is 1. The van der Waals surface area contributed by atoms with Crippen LogP contribution >= 0.6 is 0 Å². The maximum atomic E-state index is 13.0. The van der Waals surface area contributed by atoms with Gasteiger partial charge in [0.25, 0.3) is 5.91 Å². The molecule has 1 saturated heterocycles. The van der Waals surface area contributed by atoms with E-state index >= 15 is 0 Å². The van der Waals surface area contributed by atoms with Crippen LogP contribution < -0.4 is 5.73 Å². The third-order valence-corrected chi connectivity index (χ3v) is 5.77. The van der Waals surface area contributed by atoms with E-state index in [0.29, 0.717) is 48.6 Å². The molecular weight excluding hydrogens is 501 g/mol. The molecule has 0 saturated carbocycles. The van der Waals surface area contributed by atoms with E-state index in [-0.39, 0.29) is 17.4 Å². The first kappa shape index (κ1) is 26.8. The number of ether oxygens (including phenoxy) is 1. The van der Waals surface area contributed by atoms with E-state index in [0.717, 1.165) is 12.3 Å². The van der Waals surface area contributed by atoms with Gasteiger partial charge in [0.05, 0.1) is 11.9 Å². The Balaban J connectivity index is 1.44. The summed E-state index contributed by atoms with van der Waals surface area (Å²) in [6, 6.07) is 8.84. The predicted molar refractivity (Wildman–Crippen MR) is 134 cm³/mol. The maximum Gasteiger partial charge on any atom is 0.433 e. The highest BCUT2D eigenvalue weighted by Gasteiger charge is 2.32. The Bertz CT molecular complexity index is 1310. The van der Waals surface area contributed by atoms with Crippen LogP contribution in [-0.4, -0.2) is 68.5 Å². The average Bonchev–Trinajstić information content (AvgIpc) is 2.87. The lowest BCUT2D eigenvalue weighted by molar-refractivity contribution is -0.141. The first-order valence-electron chi connectivity index (χ1n) is 11.9. The van der Waals surface area contributed by atoms with Crippen molar-refractivity contribution in [3.63, 3.8) is 0 Å². The molecule has 0 radical (unpaired) electrons. The zero-order chi connectivity index (χ0) is 27.7. The number of carbonyl (C=O) groups excluding carboxylic acids is 2. The van der Waals surface area contributed by atoms with Crippen molar-refractivity contribution in [2.45, 2.75) is 32.5 Å². The van der Waals surface area contributed by atoms with Crippen molar-refractivity contribution < 1.29 is 27.5 Å². The summed E-state index contributed by atoms with van der Waals surface area (Å²) in [5, 5.41) is 0. The molecule has 1 fully saturated rings. The number of carbonyl (C=O) groups is 2. The van der Waals surface area contributed by atoms with Crippen LogP contribution in [0.4, 0.5) is 23.8 Å². The van der Waals surface area contributed by atoms with E-state index in [4.69, 9.17) is 10.5 Å². The fourth-order valence-corrected chi connectivity index (χ4v) is 3.84. The molecule has 0 aliphatic carbocycles. The fraction of sp³-hybridized carbons (Fsp3) is 0.346. The molecule has 4 rings (SSSR count). The van der Waals surface area contributed by atoms with Crippen LogP contribution in [0.15, 0.2) is 48.8 Å². The number of hydrogen-bond acceptors (Lipinski definition) is 7. The smallest absolute Gasteiger partial charge is 0.433 e. The summed E-state index contributed by atoms with van der Waals surface area (Å²) in [5.41, 5.74) is 6.35. The first-order chi connectivity index (χ1) is 17.8. The van der Waals surface area contributed by atoms with Crippen LogP contribution in [0.3, 0.4) is 0 Å². The van der Waals surface area contributed by atoms with Gasteiger partial charge in [0.15, 0.2) is 0 Å². The maximum absolute atomic E-state index is 13.0. The van der Waals surface area contributed by atoms with Crippen molar-refractivity contribution in [2.75, 3.05) is 31.9 Å². The molecule has 1 aromatic carbocycles. The Kier molecular flexibility index (Phi) is 7.25. The number of nitrogen functional groups attached to an aromatic ring is 1. The van der Waals surface area contributed by atoms with E-state index in [1.54, 1.807) is 54.8 Å². The zero-order valence-corrected chi connectivity index (χ0v) is 21.1. The quantitative estimate of drug-likeness (QED) is 0.532. The summed E-state index contributed by atoms with van der Waals surface area (Å²) in [4.78, 5) is 40.6. The lowest BCUT2D eigenvalue weighted by atomic mass is 10.1. The monoisotopic (exact) mass is 528 g/mol. The molecule has 1 aliphatic rings. The molecule has 2 aromatic heterocycles. The number of alkyl halides is 3. The van der Waals surface area contributed by atoms with E-state index < -0.39 is 23.6 Å². The summed E-state index contributed by atoms with van der Waals surface area (Å²) >= 11 is 0. The molecule has 12 heteroatoms. The minimum atomic E-state index is -4.55. The van der Waals surface area contributed by atoms with Crippen molar-refractivity contribution in [2.24, 2.45) is 0 Å². The molecule has 9 nitrogen and oxygen atoms in total. The molecule has 3 heterocycles. The molecule has 38 heavy (non-hydrogen) atoms. The topological polar surface area (TPSA) is 115 Å². The third-order valence-electron chi connectivity index (χ3n) is 5.77.